The molecular formula is C22H19N3O3. The lowest BCUT2D eigenvalue weighted by Gasteiger charge is -2.23. The first-order valence-corrected chi connectivity index (χ1v) is 8.87. The number of carbonyl (C=O) groups is 1. The van der Waals surface area contributed by atoms with E-state index in [2.05, 4.69) is 16.2 Å². The molecule has 1 N–H and O–H groups in total. The summed E-state index contributed by atoms with van der Waals surface area (Å²) in [6.07, 6.45) is 7.31. The number of hydrogen-bond donors (Lipinski definition) is 1. The van der Waals surface area contributed by atoms with Gasteiger partial charge in [-0.1, -0.05) is 24.1 Å². The molecule has 0 spiro atoms. The van der Waals surface area contributed by atoms with Gasteiger partial charge in [0.2, 0.25) is 5.91 Å². The summed E-state index contributed by atoms with van der Waals surface area (Å²) in [5.74, 6) is 4.32. The fourth-order valence-electron chi connectivity index (χ4n) is 3.38. The predicted molar refractivity (Wildman–Crippen MR) is 106 cm³/mol. The summed E-state index contributed by atoms with van der Waals surface area (Å²) in [5, 5.41) is 2.96. The molecule has 3 aromatic rings. The summed E-state index contributed by atoms with van der Waals surface area (Å²) in [5.41, 5.74) is 2.64. The number of anilines is 1. The van der Waals surface area contributed by atoms with E-state index in [4.69, 9.17) is 15.9 Å². The number of rotatable bonds is 5. The zero-order valence-electron chi connectivity index (χ0n) is 15.4. The van der Waals surface area contributed by atoms with Gasteiger partial charge in [-0.3, -0.25) is 9.36 Å². The number of fused-ring (bicyclic) bond motifs is 1. The molecule has 1 unspecified atom stereocenters. The maximum Gasteiger partial charge on any atom is 0.226 e. The Bertz CT molecular complexity index is 1060. The third-order valence-corrected chi connectivity index (χ3v) is 4.69. The van der Waals surface area contributed by atoms with Crippen molar-refractivity contribution in [2.75, 3.05) is 19.0 Å². The summed E-state index contributed by atoms with van der Waals surface area (Å²) in [4.78, 5) is 17.0. The molecule has 2 heterocycles. The number of aromatic nitrogens is 2. The maximum absolute atomic E-state index is 12.4. The molecule has 1 aliphatic heterocycles. The predicted octanol–water partition coefficient (Wildman–Crippen LogP) is 3.37. The van der Waals surface area contributed by atoms with E-state index in [-0.39, 0.29) is 18.4 Å². The van der Waals surface area contributed by atoms with Crippen LogP contribution in [0.15, 0.2) is 54.9 Å². The number of imidazole rings is 1. The van der Waals surface area contributed by atoms with Gasteiger partial charge in [0.05, 0.1) is 18.5 Å². The first kappa shape index (κ1) is 17.7. The van der Waals surface area contributed by atoms with Gasteiger partial charge in [0.1, 0.15) is 30.3 Å². The molecule has 0 saturated heterocycles. The second-order valence-corrected chi connectivity index (χ2v) is 6.42. The van der Waals surface area contributed by atoms with Crippen LogP contribution < -0.4 is 14.8 Å². The lowest BCUT2D eigenvalue weighted by molar-refractivity contribution is -0.116. The lowest BCUT2D eigenvalue weighted by Crippen LogP contribution is -2.24. The van der Waals surface area contributed by atoms with Gasteiger partial charge in [-0.05, 0) is 29.8 Å². The second kappa shape index (κ2) is 7.49. The fraction of sp³-hybridized carbons (Fsp3) is 0.182. The van der Waals surface area contributed by atoms with Crippen LogP contribution in [0.2, 0.25) is 0 Å². The number of nitrogens with zero attached hydrogens (tertiary/aromatic N) is 2. The van der Waals surface area contributed by atoms with Gasteiger partial charge in [-0.15, -0.1) is 6.42 Å². The number of methoxy groups -OCH3 is 1. The van der Waals surface area contributed by atoms with E-state index in [9.17, 15) is 4.79 Å². The number of amides is 1. The Balaban J connectivity index is 1.74. The highest BCUT2D eigenvalue weighted by molar-refractivity contribution is 5.94. The van der Waals surface area contributed by atoms with Crippen molar-refractivity contribution in [3.05, 3.63) is 66.1 Å². The van der Waals surface area contributed by atoms with Crippen molar-refractivity contribution in [2.24, 2.45) is 0 Å². The summed E-state index contributed by atoms with van der Waals surface area (Å²) in [7, 11) is 1.62. The molecule has 6 nitrogen and oxygen atoms in total. The number of carbonyl (C=O) groups excluding carboxylic acids is 1. The van der Waals surface area contributed by atoms with Gasteiger partial charge in [0, 0.05) is 18.4 Å². The standard InChI is InChI=1S/C22H19N3O3/c1-3-10-28-18-9-4-6-15(11-18)19-13-20(26)24-22-21(19)23-14-25(22)16-7-5-8-17(12-16)27-2/h1,4-9,11-12,14,19H,10,13H2,2H3,(H,24,26). The third kappa shape index (κ3) is 3.30. The van der Waals surface area contributed by atoms with Crippen LogP contribution in [0.25, 0.3) is 5.69 Å². The molecule has 0 aliphatic carbocycles. The van der Waals surface area contributed by atoms with Crippen molar-refractivity contribution in [2.45, 2.75) is 12.3 Å². The van der Waals surface area contributed by atoms with Crippen LogP contribution in [-0.2, 0) is 4.79 Å². The molecule has 140 valence electrons. The van der Waals surface area contributed by atoms with Crippen LogP contribution in [0.5, 0.6) is 11.5 Å². The maximum atomic E-state index is 12.4. The van der Waals surface area contributed by atoms with E-state index < -0.39 is 0 Å². The van der Waals surface area contributed by atoms with Crippen molar-refractivity contribution in [3.63, 3.8) is 0 Å². The zero-order valence-corrected chi connectivity index (χ0v) is 15.4. The van der Waals surface area contributed by atoms with Crippen molar-refractivity contribution >= 4 is 11.7 Å². The van der Waals surface area contributed by atoms with Crippen LogP contribution in [-0.4, -0.2) is 29.2 Å². The summed E-state index contributed by atoms with van der Waals surface area (Å²) >= 11 is 0. The Morgan fingerprint density at radius 1 is 1.25 bits per heavy atom. The smallest absolute Gasteiger partial charge is 0.226 e. The number of hydrogen-bond acceptors (Lipinski definition) is 4. The number of terminal acetylenes is 1. The topological polar surface area (TPSA) is 65.4 Å². The summed E-state index contributed by atoms with van der Waals surface area (Å²) in [6.45, 7) is 0.199. The van der Waals surface area contributed by atoms with Crippen LogP contribution in [0.1, 0.15) is 23.6 Å². The van der Waals surface area contributed by atoms with Crippen molar-refractivity contribution < 1.29 is 14.3 Å². The van der Waals surface area contributed by atoms with Crippen molar-refractivity contribution in [3.8, 4) is 29.5 Å². The molecular weight excluding hydrogens is 354 g/mol. The summed E-state index contributed by atoms with van der Waals surface area (Å²) in [6, 6.07) is 15.2. The second-order valence-electron chi connectivity index (χ2n) is 6.42. The van der Waals surface area contributed by atoms with Crippen molar-refractivity contribution in [1.82, 2.24) is 9.55 Å². The molecule has 0 fully saturated rings. The van der Waals surface area contributed by atoms with Crippen LogP contribution in [0, 0.1) is 12.3 Å². The third-order valence-electron chi connectivity index (χ3n) is 4.69. The SMILES string of the molecule is C#CCOc1cccc(C2CC(=O)Nc3c2ncn3-c2cccc(OC)c2)c1. The number of benzene rings is 2. The fourth-order valence-corrected chi connectivity index (χ4v) is 3.38. The minimum atomic E-state index is -0.162. The minimum Gasteiger partial charge on any atom is -0.497 e. The molecule has 0 bridgehead atoms. The zero-order chi connectivity index (χ0) is 19.5. The van der Waals surface area contributed by atoms with E-state index in [1.807, 2.05) is 53.1 Å². The molecule has 1 aliphatic rings. The molecule has 0 radical (unpaired) electrons. The van der Waals surface area contributed by atoms with Crippen molar-refractivity contribution in [1.29, 1.82) is 0 Å². The first-order chi connectivity index (χ1) is 13.7. The summed E-state index contributed by atoms with van der Waals surface area (Å²) < 4.78 is 12.7. The van der Waals surface area contributed by atoms with E-state index >= 15 is 0 Å². The Morgan fingerprint density at radius 2 is 2.07 bits per heavy atom. The van der Waals surface area contributed by atoms with E-state index in [0.717, 1.165) is 22.7 Å². The molecule has 1 aromatic heterocycles. The number of nitrogens with one attached hydrogen (secondary N) is 1. The molecule has 2 aromatic carbocycles. The average Bonchev–Trinajstić information content (AvgIpc) is 3.15. The van der Waals surface area contributed by atoms with Crippen LogP contribution >= 0.6 is 0 Å². The highest BCUT2D eigenvalue weighted by Crippen LogP contribution is 2.38. The normalized spacial score (nSPS) is 15.3. The Labute approximate surface area is 163 Å². The molecule has 1 amide bonds. The van der Waals surface area contributed by atoms with Crippen LogP contribution in [0.4, 0.5) is 5.82 Å². The largest absolute Gasteiger partial charge is 0.497 e. The molecule has 28 heavy (non-hydrogen) atoms. The molecule has 0 saturated carbocycles. The molecule has 4 rings (SSSR count). The van der Waals surface area contributed by atoms with Crippen LogP contribution in [0.3, 0.4) is 0 Å². The highest BCUT2D eigenvalue weighted by Gasteiger charge is 2.31. The molecule has 6 heteroatoms. The Kier molecular flexibility index (Phi) is 4.73. The minimum absolute atomic E-state index is 0.0582. The van der Waals surface area contributed by atoms with Gasteiger partial charge in [0.25, 0.3) is 0 Å². The number of ether oxygens (including phenoxy) is 2. The van der Waals surface area contributed by atoms with Gasteiger partial charge in [0.15, 0.2) is 0 Å². The average molecular weight is 373 g/mol. The lowest BCUT2D eigenvalue weighted by atomic mass is 9.89. The van der Waals surface area contributed by atoms with Gasteiger partial charge in [-0.25, -0.2) is 4.98 Å². The van der Waals surface area contributed by atoms with Gasteiger partial charge >= 0.3 is 0 Å². The quantitative estimate of drug-likeness (QED) is 0.697. The van der Waals surface area contributed by atoms with E-state index in [1.165, 1.54) is 0 Å². The first-order valence-electron chi connectivity index (χ1n) is 8.87. The van der Waals surface area contributed by atoms with E-state index in [1.54, 1.807) is 13.4 Å². The highest BCUT2D eigenvalue weighted by atomic mass is 16.5. The van der Waals surface area contributed by atoms with Gasteiger partial charge in [-0.2, -0.15) is 0 Å². The van der Waals surface area contributed by atoms with Gasteiger partial charge < -0.3 is 14.8 Å². The molecule has 1 atom stereocenters. The Morgan fingerprint density at radius 3 is 2.89 bits per heavy atom. The Hall–Kier alpha value is -3.72. The monoisotopic (exact) mass is 373 g/mol. The van der Waals surface area contributed by atoms with E-state index in [0.29, 0.717) is 18.0 Å².